The van der Waals surface area contributed by atoms with E-state index in [2.05, 4.69) is 0 Å². The maximum atomic E-state index is 11.9. The van der Waals surface area contributed by atoms with Gasteiger partial charge < -0.3 is 14.2 Å². The fourth-order valence-electron chi connectivity index (χ4n) is 5.05. The van der Waals surface area contributed by atoms with Crippen LogP contribution in [0, 0.1) is 0 Å². The Hall–Kier alpha value is -3.48. The maximum absolute atomic E-state index is 11.9. The van der Waals surface area contributed by atoms with Gasteiger partial charge in [0, 0.05) is 25.7 Å². The van der Waals surface area contributed by atoms with Crippen LogP contribution in [0.5, 0.6) is 0 Å². The molecule has 0 atom stereocenters. The molecule has 0 radical (unpaired) electrons. The van der Waals surface area contributed by atoms with Gasteiger partial charge in [-0.2, -0.15) is 0 Å². The quantitative estimate of drug-likeness (QED) is 0.0438. The minimum atomic E-state index is -0.414. The molecular weight excluding hydrogens is 580 g/mol. The summed E-state index contributed by atoms with van der Waals surface area (Å²) in [4.78, 5) is 47.5. The van der Waals surface area contributed by atoms with Crippen molar-refractivity contribution in [2.45, 2.75) is 149 Å². The lowest BCUT2D eigenvalue weighted by molar-refractivity contribution is -0.160. The number of benzene rings is 2. The Labute approximate surface area is 277 Å². The fraction of sp³-hybridized carbons (Fsp3) is 0.590. The molecule has 7 nitrogen and oxygen atoms in total. The first kappa shape index (κ1) is 40.5. The van der Waals surface area contributed by atoms with E-state index in [-0.39, 0.29) is 19.4 Å². The maximum Gasteiger partial charge on any atom is 0.313 e. The van der Waals surface area contributed by atoms with Crippen molar-refractivity contribution in [3.63, 3.8) is 0 Å². The van der Waals surface area contributed by atoms with E-state index < -0.39 is 11.9 Å². The summed E-state index contributed by atoms with van der Waals surface area (Å²) in [6, 6.07) is 19.4. The van der Waals surface area contributed by atoms with Crippen molar-refractivity contribution >= 4 is 23.9 Å². The number of carbonyl (C=O) groups is 4. The van der Waals surface area contributed by atoms with Gasteiger partial charge in [0.25, 0.3) is 0 Å². The van der Waals surface area contributed by atoms with Crippen LogP contribution in [0.3, 0.4) is 0 Å². The highest BCUT2D eigenvalue weighted by Crippen LogP contribution is 2.14. The third-order valence-electron chi connectivity index (χ3n) is 7.74. The number of unbranched alkanes of at least 4 members (excludes halogenated alkanes) is 14. The Balaban J connectivity index is 0.0000106. The standard InChI is InChI=1S/C38H54O7.CH4/c39-35(43-31-33-23-15-13-16-24-33)27-19-9-5-1-3-7-11-21-29-37(41)45-38(42)30-22-12-8-4-2-6-10-20-28-36(40)44-32-34-25-17-14-18-26-34;/h13-18,23-26H,1-12,19-22,27-32H2;1H4. The van der Waals surface area contributed by atoms with E-state index in [0.29, 0.717) is 38.9 Å². The van der Waals surface area contributed by atoms with E-state index >= 15 is 0 Å². The Morgan fingerprint density at radius 1 is 0.370 bits per heavy atom. The predicted molar refractivity (Wildman–Crippen MR) is 183 cm³/mol. The van der Waals surface area contributed by atoms with Crippen LogP contribution in [0.1, 0.15) is 147 Å². The van der Waals surface area contributed by atoms with E-state index in [1.807, 2.05) is 60.7 Å². The number of ether oxygens (including phenoxy) is 3. The smallest absolute Gasteiger partial charge is 0.313 e. The highest BCUT2D eigenvalue weighted by molar-refractivity contribution is 5.85. The summed E-state index contributed by atoms with van der Waals surface area (Å²) in [7, 11) is 0. The lowest BCUT2D eigenvalue weighted by Crippen LogP contribution is -2.11. The predicted octanol–water partition coefficient (Wildman–Crippen LogP) is 9.98. The number of hydrogen-bond acceptors (Lipinski definition) is 7. The van der Waals surface area contributed by atoms with Crippen molar-refractivity contribution in [2.75, 3.05) is 0 Å². The van der Waals surface area contributed by atoms with Gasteiger partial charge in [0.1, 0.15) is 13.2 Å². The highest BCUT2D eigenvalue weighted by atomic mass is 16.6. The molecule has 0 bridgehead atoms. The highest BCUT2D eigenvalue weighted by Gasteiger charge is 2.10. The number of carbonyl (C=O) groups excluding carboxylic acids is 4. The van der Waals surface area contributed by atoms with Gasteiger partial charge in [0.05, 0.1) is 0 Å². The third kappa shape index (κ3) is 22.9. The van der Waals surface area contributed by atoms with Gasteiger partial charge in [-0.25, -0.2) is 0 Å². The average molecular weight is 639 g/mol. The van der Waals surface area contributed by atoms with Crippen molar-refractivity contribution in [3.8, 4) is 0 Å². The summed E-state index contributed by atoms with van der Waals surface area (Å²) in [5.74, 6) is -1.11. The monoisotopic (exact) mass is 638 g/mol. The topological polar surface area (TPSA) is 96.0 Å². The summed E-state index contributed by atoms with van der Waals surface area (Å²) in [6.45, 7) is 0.672. The zero-order valence-corrected chi connectivity index (χ0v) is 27.2. The van der Waals surface area contributed by atoms with Crippen LogP contribution in [-0.2, 0) is 46.6 Å². The van der Waals surface area contributed by atoms with Crippen molar-refractivity contribution in [1.82, 2.24) is 0 Å². The van der Waals surface area contributed by atoms with Gasteiger partial charge in [-0.3, -0.25) is 19.2 Å². The average Bonchev–Trinajstić information content (AvgIpc) is 3.05. The Bertz CT molecular complexity index is 983. The first-order chi connectivity index (χ1) is 22.0. The van der Waals surface area contributed by atoms with Crippen molar-refractivity contribution in [1.29, 1.82) is 0 Å². The molecular formula is C39H58O7. The van der Waals surface area contributed by atoms with Crippen LogP contribution in [0.2, 0.25) is 0 Å². The van der Waals surface area contributed by atoms with E-state index in [1.165, 1.54) is 0 Å². The zero-order valence-electron chi connectivity index (χ0n) is 27.2. The van der Waals surface area contributed by atoms with Crippen LogP contribution in [0.15, 0.2) is 60.7 Å². The molecule has 0 unspecified atom stereocenters. The first-order valence-corrected chi connectivity index (χ1v) is 17.2. The third-order valence-corrected chi connectivity index (χ3v) is 7.74. The van der Waals surface area contributed by atoms with Gasteiger partial charge >= 0.3 is 23.9 Å². The Kier molecular flexibility index (Phi) is 24.5. The number of rotatable bonds is 26. The molecule has 0 aliphatic rings. The van der Waals surface area contributed by atoms with Crippen LogP contribution < -0.4 is 0 Å². The van der Waals surface area contributed by atoms with E-state index in [0.717, 1.165) is 114 Å². The Morgan fingerprint density at radius 3 is 0.935 bits per heavy atom. The SMILES string of the molecule is C.O=C(CCCCCCCCCCC(=O)OC(=O)CCCCCCCCCCC(=O)OCc1ccccc1)OCc1ccccc1. The Morgan fingerprint density at radius 2 is 0.630 bits per heavy atom. The molecule has 0 aromatic heterocycles. The second-order valence-corrected chi connectivity index (χ2v) is 11.8. The molecule has 0 fully saturated rings. The lowest BCUT2D eigenvalue weighted by Gasteiger charge is -2.06. The van der Waals surface area contributed by atoms with Crippen molar-refractivity contribution < 1.29 is 33.4 Å². The second kappa shape index (κ2) is 27.8. The summed E-state index contributed by atoms with van der Waals surface area (Å²) in [5, 5.41) is 0. The van der Waals surface area contributed by atoms with Crippen molar-refractivity contribution in [3.05, 3.63) is 71.8 Å². The van der Waals surface area contributed by atoms with Crippen LogP contribution in [-0.4, -0.2) is 23.9 Å². The summed E-state index contributed by atoms with van der Waals surface area (Å²) < 4.78 is 15.6. The van der Waals surface area contributed by atoms with E-state index in [4.69, 9.17) is 14.2 Å². The zero-order chi connectivity index (χ0) is 32.2. The van der Waals surface area contributed by atoms with Crippen LogP contribution in [0.25, 0.3) is 0 Å². The molecule has 2 rings (SSSR count). The summed E-state index contributed by atoms with van der Waals surface area (Å²) in [5.41, 5.74) is 2.01. The van der Waals surface area contributed by atoms with Crippen LogP contribution in [0.4, 0.5) is 0 Å². The molecule has 0 saturated heterocycles. The molecule has 0 saturated carbocycles. The molecule has 0 heterocycles. The van der Waals surface area contributed by atoms with Gasteiger partial charge in [0.15, 0.2) is 0 Å². The van der Waals surface area contributed by atoms with E-state index in [9.17, 15) is 19.2 Å². The lowest BCUT2D eigenvalue weighted by atomic mass is 10.1. The minimum Gasteiger partial charge on any atom is -0.461 e. The molecule has 256 valence electrons. The summed E-state index contributed by atoms with van der Waals surface area (Å²) >= 11 is 0. The van der Waals surface area contributed by atoms with Gasteiger partial charge in [-0.15, -0.1) is 0 Å². The molecule has 0 N–H and O–H groups in total. The largest absolute Gasteiger partial charge is 0.461 e. The first-order valence-electron chi connectivity index (χ1n) is 17.2. The number of esters is 4. The van der Waals surface area contributed by atoms with Gasteiger partial charge in [-0.1, -0.05) is 145 Å². The molecule has 0 amide bonds. The molecule has 7 heteroatoms. The van der Waals surface area contributed by atoms with Crippen LogP contribution >= 0.6 is 0 Å². The van der Waals surface area contributed by atoms with E-state index in [1.54, 1.807) is 0 Å². The summed E-state index contributed by atoms with van der Waals surface area (Å²) in [6.07, 6.45) is 17.4. The fourth-order valence-corrected chi connectivity index (χ4v) is 5.05. The minimum absolute atomic E-state index is 0. The normalized spacial score (nSPS) is 10.5. The number of hydrogen-bond donors (Lipinski definition) is 0. The molecule has 0 aliphatic heterocycles. The molecule has 0 aliphatic carbocycles. The van der Waals surface area contributed by atoms with Gasteiger partial charge in [0.2, 0.25) is 0 Å². The van der Waals surface area contributed by atoms with Gasteiger partial charge in [-0.05, 0) is 36.8 Å². The molecule has 46 heavy (non-hydrogen) atoms. The second-order valence-electron chi connectivity index (χ2n) is 11.8. The molecule has 2 aromatic rings. The molecule has 0 spiro atoms. The molecule has 2 aromatic carbocycles. The van der Waals surface area contributed by atoms with Crippen molar-refractivity contribution in [2.24, 2.45) is 0 Å².